The summed E-state index contributed by atoms with van der Waals surface area (Å²) in [6, 6.07) is 13.0. The van der Waals surface area contributed by atoms with Crippen LogP contribution in [0.4, 0.5) is 5.69 Å². The van der Waals surface area contributed by atoms with Crippen LogP contribution in [0.2, 0.25) is 0 Å². The van der Waals surface area contributed by atoms with Crippen molar-refractivity contribution in [3.8, 4) is 0 Å². The molecule has 7 nitrogen and oxygen atoms in total. The van der Waals surface area contributed by atoms with E-state index in [4.69, 9.17) is 0 Å². The van der Waals surface area contributed by atoms with E-state index in [1.807, 2.05) is 0 Å². The average Bonchev–Trinajstić information content (AvgIpc) is 2.58. The Morgan fingerprint density at radius 3 is 2.08 bits per heavy atom. The van der Waals surface area contributed by atoms with E-state index in [9.17, 15) is 18.0 Å². The molecule has 0 aliphatic carbocycles. The Hall–Kier alpha value is -2.52. The summed E-state index contributed by atoms with van der Waals surface area (Å²) >= 11 is 4.22. The van der Waals surface area contributed by atoms with Crippen molar-refractivity contribution in [2.75, 3.05) is 24.1 Å². The Morgan fingerprint density at radius 1 is 0.923 bits per heavy atom. The lowest BCUT2D eigenvalue weighted by Gasteiger charge is -2.09. The smallest absolute Gasteiger partial charge is 0.252 e. The second-order valence-electron chi connectivity index (χ2n) is 5.48. The molecule has 0 aromatic heterocycles. The van der Waals surface area contributed by atoms with Gasteiger partial charge in [-0.2, -0.15) is 0 Å². The minimum Gasteiger partial charge on any atom is -0.350 e. The predicted molar refractivity (Wildman–Crippen MR) is 103 cm³/mol. The molecule has 2 aromatic rings. The molecule has 138 valence electrons. The molecular formula is C17H19N3O4S2. The van der Waals surface area contributed by atoms with Gasteiger partial charge in [-0.15, -0.1) is 12.6 Å². The first-order chi connectivity index (χ1) is 12.3. The van der Waals surface area contributed by atoms with Crippen molar-refractivity contribution in [3.05, 3.63) is 59.7 Å². The number of carbonyl (C=O) groups is 2. The number of anilines is 1. The maximum absolute atomic E-state index is 12.0. The summed E-state index contributed by atoms with van der Waals surface area (Å²) in [5.41, 5.74) is 1.23. The Labute approximate surface area is 157 Å². The first kappa shape index (κ1) is 19.8. The van der Waals surface area contributed by atoms with Gasteiger partial charge in [0, 0.05) is 29.2 Å². The van der Waals surface area contributed by atoms with E-state index in [0.29, 0.717) is 21.7 Å². The van der Waals surface area contributed by atoms with Gasteiger partial charge in [-0.1, -0.05) is 12.1 Å². The molecule has 3 N–H and O–H groups in total. The van der Waals surface area contributed by atoms with Gasteiger partial charge in [0.15, 0.2) is 0 Å². The molecule has 0 aliphatic rings. The van der Waals surface area contributed by atoms with E-state index >= 15 is 0 Å². The number of nitrogens with one attached hydrogen (secondary N) is 3. The number of rotatable bonds is 7. The van der Waals surface area contributed by atoms with Crippen LogP contribution >= 0.6 is 12.6 Å². The summed E-state index contributed by atoms with van der Waals surface area (Å²) in [5.74, 6) is -0.583. The van der Waals surface area contributed by atoms with E-state index in [1.54, 1.807) is 24.3 Å². The van der Waals surface area contributed by atoms with Crippen LogP contribution in [0.3, 0.4) is 0 Å². The molecule has 0 saturated carbocycles. The van der Waals surface area contributed by atoms with Gasteiger partial charge in [0.1, 0.15) is 0 Å². The van der Waals surface area contributed by atoms with Crippen LogP contribution in [0.1, 0.15) is 20.7 Å². The lowest BCUT2D eigenvalue weighted by molar-refractivity contribution is 0.0926. The van der Waals surface area contributed by atoms with Gasteiger partial charge in [-0.25, -0.2) is 8.42 Å². The third kappa shape index (κ3) is 6.08. The molecular weight excluding hydrogens is 374 g/mol. The maximum Gasteiger partial charge on any atom is 0.252 e. The molecule has 0 heterocycles. The fourth-order valence-corrected chi connectivity index (χ4v) is 2.95. The highest BCUT2D eigenvalue weighted by molar-refractivity contribution is 7.92. The highest BCUT2D eigenvalue weighted by atomic mass is 32.2. The van der Waals surface area contributed by atoms with Crippen molar-refractivity contribution < 1.29 is 18.0 Å². The summed E-state index contributed by atoms with van der Waals surface area (Å²) in [5, 5.41) is 5.38. The van der Waals surface area contributed by atoms with Gasteiger partial charge in [-0.05, 0) is 36.4 Å². The molecule has 2 rings (SSSR count). The third-order valence-corrected chi connectivity index (χ3v) is 4.29. The second kappa shape index (κ2) is 8.72. The zero-order chi connectivity index (χ0) is 19.2. The molecule has 0 radical (unpaired) electrons. The van der Waals surface area contributed by atoms with Gasteiger partial charge in [-0.3, -0.25) is 14.3 Å². The summed E-state index contributed by atoms with van der Waals surface area (Å²) < 4.78 is 24.6. The minimum atomic E-state index is -3.36. The average molecular weight is 393 g/mol. The fourth-order valence-electron chi connectivity index (χ4n) is 2.12. The van der Waals surface area contributed by atoms with Gasteiger partial charge in [0.25, 0.3) is 11.8 Å². The van der Waals surface area contributed by atoms with Gasteiger partial charge in [0.2, 0.25) is 10.0 Å². The number of sulfonamides is 1. The van der Waals surface area contributed by atoms with Gasteiger partial charge < -0.3 is 10.6 Å². The molecule has 0 aliphatic heterocycles. The van der Waals surface area contributed by atoms with Crippen LogP contribution in [-0.4, -0.2) is 39.6 Å². The quantitative estimate of drug-likeness (QED) is 0.423. The number of hydrogen-bond donors (Lipinski definition) is 4. The molecule has 0 atom stereocenters. The maximum atomic E-state index is 12.0. The Kier molecular flexibility index (Phi) is 6.64. The van der Waals surface area contributed by atoms with E-state index in [-0.39, 0.29) is 24.9 Å². The van der Waals surface area contributed by atoms with Crippen LogP contribution in [0.5, 0.6) is 0 Å². The molecule has 0 fully saturated rings. The molecule has 0 bridgehead atoms. The zero-order valence-corrected chi connectivity index (χ0v) is 15.7. The molecule has 0 spiro atoms. The zero-order valence-electron chi connectivity index (χ0n) is 14.0. The van der Waals surface area contributed by atoms with Crippen LogP contribution in [0.15, 0.2) is 53.4 Å². The van der Waals surface area contributed by atoms with Crippen LogP contribution in [0, 0.1) is 0 Å². The molecule has 9 heteroatoms. The van der Waals surface area contributed by atoms with E-state index in [2.05, 4.69) is 28.0 Å². The first-order valence-electron chi connectivity index (χ1n) is 7.68. The van der Waals surface area contributed by atoms with Crippen LogP contribution < -0.4 is 15.4 Å². The molecule has 2 aromatic carbocycles. The van der Waals surface area contributed by atoms with Crippen molar-refractivity contribution >= 4 is 40.2 Å². The van der Waals surface area contributed by atoms with Crippen LogP contribution in [0.25, 0.3) is 0 Å². The number of carbonyl (C=O) groups excluding carboxylic acids is 2. The van der Waals surface area contributed by atoms with Gasteiger partial charge in [0.05, 0.1) is 11.8 Å². The third-order valence-electron chi connectivity index (χ3n) is 3.30. The SMILES string of the molecule is CS(=O)(=O)Nc1ccc(C(=O)NCCNC(=O)c2ccccc2S)cc1. The summed E-state index contributed by atoms with van der Waals surface area (Å²) in [4.78, 5) is 24.6. The summed E-state index contributed by atoms with van der Waals surface area (Å²) in [6.07, 6.45) is 1.05. The molecule has 0 unspecified atom stereocenters. The van der Waals surface area contributed by atoms with Crippen molar-refractivity contribution in [2.24, 2.45) is 0 Å². The van der Waals surface area contributed by atoms with Gasteiger partial charge >= 0.3 is 0 Å². The standard InChI is InChI=1S/C17H19N3O4S2/c1-26(23,24)20-13-8-6-12(7-9-13)16(21)18-10-11-19-17(22)14-4-2-3-5-15(14)25/h2-9,20,25H,10-11H2,1H3,(H,18,21)(H,19,22). The van der Waals surface area contributed by atoms with E-state index in [1.165, 1.54) is 24.3 Å². The molecule has 0 saturated heterocycles. The monoisotopic (exact) mass is 393 g/mol. The topological polar surface area (TPSA) is 104 Å². The number of benzene rings is 2. The Bertz CT molecular complexity index is 896. The minimum absolute atomic E-state index is 0.253. The predicted octanol–water partition coefficient (Wildman–Crippen LogP) is 1.51. The normalized spacial score (nSPS) is 10.8. The number of thiol groups is 1. The van der Waals surface area contributed by atoms with E-state index in [0.717, 1.165) is 6.26 Å². The Morgan fingerprint density at radius 2 is 1.50 bits per heavy atom. The van der Waals surface area contributed by atoms with Crippen molar-refractivity contribution in [3.63, 3.8) is 0 Å². The summed E-state index contributed by atoms with van der Waals surface area (Å²) in [6.45, 7) is 0.517. The highest BCUT2D eigenvalue weighted by Crippen LogP contribution is 2.12. The van der Waals surface area contributed by atoms with Crippen molar-refractivity contribution in [2.45, 2.75) is 4.90 Å². The van der Waals surface area contributed by atoms with Crippen LogP contribution in [-0.2, 0) is 10.0 Å². The molecule has 2 amide bonds. The first-order valence-corrected chi connectivity index (χ1v) is 10.0. The second-order valence-corrected chi connectivity index (χ2v) is 7.71. The number of hydrogen-bond acceptors (Lipinski definition) is 5. The molecule has 26 heavy (non-hydrogen) atoms. The largest absolute Gasteiger partial charge is 0.350 e. The van der Waals surface area contributed by atoms with Crippen molar-refractivity contribution in [1.82, 2.24) is 10.6 Å². The fraction of sp³-hybridized carbons (Fsp3) is 0.176. The lowest BCUT2D eigenvalue weighted by Crippen LogP contribution is -2.34. The van der Waals surface area contributed by atoms with E-state index < -0.39 is 10.0 Å². The van der Waals surface area contributed by atoms with Crippen molar-refractivity contribution in [1.29, 1.82) is 0 Å². The Balaban J connectivity index is 1.80. The number of amides is 2. The lowest BCUT2D eigenvalue weighted by atomic mass is 10.2. The highest BCUT2D eigenvalue weighted by Gasteiger charge is 2.09. The summed E-state index contributed by atoms with van der Waals surface area (Å²) in [7, 11) is -3.36.